The van der Waals surface area contributed by atoms with Crippen LogP contribution < -0.4 is 20.3 Å². The van der Waals surface area contributed by atoms with E-state index in [1.165, 1.54) is 13.8 Å². The molecule has 0 aliphatic rings. The van der Waals surface area contributed by atoms with E-state index in [1.54, 1.807) is 29.2 Å². The number of ether oxygens (including phenoxy) is 1. The lowest BCUT2D eigenvalue weighted by Crippen LogP contribution is -2.39. The zero-order valence-electron chi connectivity index (χ0n) is 16.3. The number of hydrogen-bond acceptors (Lipinski definition) is 4. The van der Waals surface area contributed by atoms with Crippen molar-refractivity contribution < 1.29 is 19.1 Å². The number of rotatable bonds is 8. The third-order valence-corrected chi connectivity index (χ3v) is 3.93. The molecule has 148 valence electrons. The number of carbonyl (C=O) groups excluding carboxylic acids is 3. The maximum atomic E-state index is 11.9. The second-order valence-corrected chi connectivity index (χ2v) is 6.35. The topological polar surface area (TPSA) is 87.7 Å². The number of anilines is 2. The number of benzene rings is 2. The molecule has 7 nitrogen and oxygen atoms in total. The summed E-state index contributed by atoms with van der Waals surface area (Å²) in [5, 5.41) is 5.42. The van der Waals surface area contributed by atoms with Crippen molar-refractivity contribution in [3.05, 3.63) is 54.1 Å². The first-order chi connectivity index (χ1) is 13.3. The average Bonchev–Trinajstić information content (AvgIpc) is 2.65. The first-order valence-electron chi connectivity index (χ1n) is 8.97. The van der Waals surface area contributed by atoms with Gasteiger partial charge in [-0.05, 0) is 43.3 Å². The molecule has 0 aliphatic heterocycles. The fourth-order valence-electron chi connectivity index (χ4n) is 2.54. The molecule has 0 heterocycles. The summed E-state index contributed by atoms with van der Waals surface area (Å²) in [6.45, 7) is 5.40. The molecule has 0 unspecified atom stereocenters. The zero-order valence-corrected chi connectivity index (χ0v) is 16.3. The predicted molar refractivity (Wildman–Crippen MR) is 108 cm³/mol. The van der Waals surface area contributed by atoms with E-state index in [2.05, 4.69) is 10.6 Å². The van der Waals surface area contributed by atoms with Gasteiger partial charge < -0.3 is 20.3 Å². The van der Waals surface area contributed by atoms with Gasteiger partial charge in [0.2, 0.25) is 11.8 Å². The summed E-state index contributed by atoms with van der Waals surface area (Å²) in [6.07, 6.45) is 0. The monoisotopic (exact) mass is 383 g/mol. The Hall–Kier alpha value is -3.35. The maximum Gasteiger partial charge on any atom is 0.258 e. The highest BCUT2D eigenvalue weighted by molar-refractivity contribution is 5.93. The highest BCUT2D eigenvalue weighted by Crippen LogP contribution is 2.18. The van der Waals surface area contributed by atoms with Gasteiger partial charge in [0.05, 0.1) is 0 Å². The van der Waals surface area contributed by atoms with Crippen LogP contribution in [-0.4, -0.2) is 37.4 Å². The molecule has 0 aliphatic carbocycles. The molecule has 0 saturated heterocycles. The van der Waals surface area contributed by atoms with Crippen molar-refractivity contribution in [1.82, 2.24) is 5.32 Å². The lowest BCUT2D eigenvalue weighted by molar-refractivity contribution is -0.123. The number of hydrogen-bond donors (Lipinski definition) is 2. The van der Waals surface area contributed by atoms with E-state index >= 15 is 0 Å². The molecule has 0 bridgehead atoms. The third kappa shape index (κ3) is 6.75. The van der Waals surface area contributed by atoms with Gasteiger partial charge in [-0.1, -0.05) is 17.7 Å². The predicted octanol–water partition coefficient (Wildman–Crippen LogP) is 2.50. The van der Waals surface area contributed by atoms with Crippen molar-refractivity contribution in [3.63, 3.8) is 0 Å². The molecule has 2 N–H and O–H groups in total. The number of aryl methyl sites for hydroxylation is 1. The quantitative estimate of drug-likeness (QED) is 0.733. The van der Waals surface area contributed by atoms with E-state index in [4.69, 9.17) is 4.74 Å². The first-order valence-corrected chi connectivity index (χ1v) is 8.97. The number of amides is 3. The molecule has 0 atom stereocenters. The van der Waals surface area contributed by atoms with Crippen molar-refractivity contribution in [3.8, 4) is 5.75 Å². The van der Waals surface area contributed by atoms with Crippen LogP contribution in [0.25, 0.3) is 0 Å². The molecule has 28 heavy (non-hydrogen) atoms. The van der Waals surface area contributed by atoms with E-state index < -0.39 is 0 Å². The fraction of sp³-hybridized carbons (Fsp3) is 0.286. The van der Waals surface area contributed by atoms with Crippen molar-refractivity contribution in [1.29, 1.82) is 0 Å². The Morgan fingerprint density at radius 1 is 0.964 bits per heavy atom. The van der Waals surface area contributed by atoms with Crippen LogP contribution in [0.3, 0.4) is 0 Å². The molecule has 0 spiro atoms. The molecular formula is C21H25N3O4. The van der Waals surface area contributed by atoms with Crippen LogP contribution in [-0.2, 0) is 14.4 Å². The summed E-state index contributed by atoms with van der Waals surface area (Å²) in [6, 6.07) is 14.4. The largest absolute Gasteiger partial charge is 0.484 e. The van der Waals surface area contributed by atoms with Gasteiger partial charge in [-0.3, -0.25) is 14.4 Å². The molecule has 2 aromatic rings. The van der Waals surface area contributed by atoms with Gasteiger partial charge in [-0.2, -0.15) is 0 Å². The van der Waals surface area contributed by atoms with Crippen molar-refractivity contribution >= 4 is 29.1 Å². The van der Waals surface area contributed by atoms with Crippen molar-refractivity contribution in [2.75, 3.05) is 29.9 Å². The average molecular weight is 383 g/mol. The Morgan fingerprint density at radius 2 is 1.61 bits per heavy atom. The Kier molecular flexibility index (Phi) is 7.56. The molecular weight excluding hydrogens is 358 g/mol. The molecule has 2 rings (SSSR count). The minimum Gasteiger partial charge on any atom is -0.484 e. The summed E-state index contributed by atoms with van der Waals surface area (Å²) in [7, 11) is 0. The minimum absolute atomic E-state index is 0.0887. The van der Waals surface area contributed by atoms with Crippen LogP contribution in [0.5, 0.6) is 5.75 Å². The van der Waals surface area contributed by atoms with Crippen LogP contribution in [0.1, 0.15) is 19.4 Å². The van der Waals surface area contributed by atoms with E-state index in [1.807, 2.05) is 31.2 Å². The second kappa shape index (κ2) is 10.1. The molecule has 0 radical (unpaired) electrons. The van der Waals surface area contributed by atoms with Crippen molar-refractivity contribution in [2.45, 2.75) is 20.8 Å². The molecule has 3 amide bonds. The van der Waals surface area contributed by atoms with Gasteiger partial charge in [0.1, 0.15) is 5.75 Å². The van der Waals surface area contributed by atoms with E-state index in [0.29, 0.717) is 30.2 Å². The summed E-state index contributed by atoms with van der Waals surface area (Å²) in [4.78, 5) is 36.5. The number of nitrogens with zero attached hydrogens (tertiary/aromatic N) is 1. The zero-order chi connectivity index (χ0) is 20.5. The van der Waals surface area contributed by atoms with Gasteiger partial charge in [-0.25, -0.2) is 0 Å². The van der Waals surface area contributed by atoms with Crippen LogP contribution in [0.4, 0.5) is 11.4 Å². The number of nitrogens with one attached hydrogen (secondary N) is 2. The Balaban J connectivity index is 1.82. The fourth-order valence-corrected chi connectivity index (χ4v) is 2.54. The molecule has 7 heteroatoms. The molecule has 0 saturated carbocycles. The normalized spacial score (nSPS) is 10.1. The Morgan fingerprint density at radius 3 is 2.18 bits per heavy atom. The molecule has 0 aromatic heterocycles. The lowest BCUT2D eigenvalue weighted by Gasteiger charge is -2.21. The summed E-state index contributed by atoms with van der Waals surface area (Å²) in [5.74, 6) is 0.0691. The Labute approximate surface area is 164 Å². The first kappa shape index (κ1) is 21.0. The van der Waals surface area contributed by atoms with Crippen molar-refractivity contribution in [2.24, 2.45) is 0 Å². The summed E-state index contributed by atoms with van der Waals surface area (Å²) >= 11 is 0. The van der Waals surface area contributed by atoms with Gasteiger partial charge in [0.25, 0.3) is 5.91 Å². The standard InChI is InChI=1S/C21H25N3O4/c1-15-4-10-20(11-5-15)28-14-21(27)22-12-13-24(17(3)26)19-8-6-18(7-9-19)23-16(2)25/h4-11H,12-14H2,1-3H3,(H,22,27)(H,23,25). The third-order valence-electron chi connectivity index (χ3n) is 3.93. The van der Waals surface area contributed by atoms with E-state index in [-0.39, 0.29) is 24.3 Å². The van der Waals surface area contributed by atoms with E-state index in [0.717, 1.165) is 5.56 Å². The summed E-state index contributed by atoms with van der Waals surface area (Å²) < 4.78 is 5.43. The van der Waals surface area contributed by atoms with Gasteiger partial charge >= 0.3 is 0 Å². The Bertz CT molecular complexity index is 817. The van der Waals surface area contributed by atoms with Gasteiger partial charge in [-0.15, -0.1) is 0 Å². The molecule has 2 aromatic carbocycles. The smallest absolute Gasteiger partial charge is 0.258 e. The SMILES string of the molecule is CC(=O)Nc1ccc(N(CCNC(=O)COc2ccc(C)cc2)C(C)=O)cc1. The maximum absolute atomic E-state index is 11.9. The van der Waals surface area contributed by atoms with Gasteiger partial charge in [0, 0.05) is 38.3 Å². The molecule has 0 fully saturated rings. The number of carbonyl (C=O) groups is 3. The highest BCUT2D eigenvalue weighted by atomic mass is 16.5. The van der Waals surface area contributed by atoms with Crippen LogP contribution >= 0.6 is 0 Å². The van der Waals surface area contributed by atoms with Gasteiger partial charge in [0.15, 0.2) is 6.61 Å². The minimum atomic E-state index is -0.259. The van der Waals surface area contributed by atoms with Crippen LogP contribution in [0.15, 0.2) is 48.5 Å². The van der Waals surface area contributed by atoms with E-state index in [9.17, 15) is 14.4 Å². The second-order valence-electron chi connectivity index (χ2n) is 6.35. The lowest BCUT2D eigenvalue weighted by atomic mass is 10.2. The summed E-state index contributed by atoms with van der Waals surface area (Å²) in [5.41, 5.74) is 2.46. The van der Waals surface area contributed by atoms with Crippen LogP contribution in [0.2, 0.25) is 0 Å². The van der Waals surface area contributed by atoms with Crippen LogP contribution in [0, 0.1) is 6.92 Å². The highest BCUT2D eigenvalue weighted by Gasteiger charge is 2.12.